The minimum atomic E-state index is -0.772. The molecule has 0 saturated heterocycles. The Bertz CT molecular complexity index is 469. The number of hydrogen-bond acceptors (Lipinski definition) is 3. The number of carboxylic acid groups (broad SMARTS) is 1. The van der Waals surface area contributed by atoms with Gasteiger partial charge in [-0.15, -0.1) is 0 Å². The molecule has 19 heavy (non-hydrogen) atoms. The van der Waals surface area contributed by atoms with Crippen molar-refractivity contribution >= 4 is 21.9 Å². The molecule has 0 unspecified atom stereocenters. The maximum absolute atomic E-state index is 10.6. The van der Waals surface area contributed by atoms with Crippen molar-refractivity contribution in [3.05, 3.63) is 22.2 Å². The van der Waals surface area contributed by atoms with Crippen LogP contribution >= 0.6 is 15.9 Å². The second kappa shape index (κ2) is 6.28. The first-order valence-electron chi connectivity index (χ1n) is 6.35. The first-order chi connectivity index (χ1) is 9.10. The quantitative estimate of drug-likeness (QED) is 0.833. The first kappa shape index (κ1) is 14.2. The van der Waals surface area contributed by atoms with E-state index in [0.29, 0.717) is 18.6 Å². The van der Waals surface area contributed by atoms with Crippen LogP contribution in [-0.2, 0) is 11.2 Å². The minimum absolute atomic E-state index is 0.164. The van der Waals surface area contributed by atoms with Crippen molar-refractivity contribution in [1.29, 1.82) is 0 Å². The average molecular weight is 329 g/mol. The highest BCUT2D eigenvalue weighted by molar-refractivity contribution is 9.10. The van der Waals surface area contributed by atoms with Gasteiger partial charge in [-0.3, -0.25) is 4.79 Å². The van der Waals surface area contributed by atoms with Gasteiger partial charge >= 0.3 is 5.97 Å². The molecule has 0 amide bonds. The lowest BCUT2D eigenvalue weighted by molar-refractivity contribution is -0.137. The Hall–Kier alpha value is -1.23. The molecule has 1 saturated carbocycles. The lowest BCUT2D eigenvalue weighted by Gasteiger charge is -2.15. The lowest BCUT2D eigenvalue weighted by atomic mass is 10.1. The number of hydrogen-bond donors (Lipinski definition) is 1. The molecule has 2 rings (SSSR count). The SMILES string of the molecule is COc1cc(Br)cc(CCCC(=O)O)c1OC1CC1. The van der Waals surface area contributed by atoms with Crippen LogP contribution in [0.15, 0.2) is 16.6 Å². The summed E-state index contributed by atoms with van der Waals surface area (Å²) in [5.41, 5.74) is 0.999. The van der Waals surface area contributed by atoms with Crippen LogP contribution in [0.5, 0.6) is 11.5 Å². The van der Waals surface area contributed by atoms with E-state index in [1.54, 1.807) is 7.11 Å². The highest BCUT2D eigenvalue weighted by Gasteiger charge is 2.26. The van der Waals surface area contributed by atoms with E-state index >= 15 is 0 Å². The third kappa shape index (κ3) is 4.13. The highest BCUT2D eigenvalue weighted by Crippen LogP contribution is 2.39. The van der Waals surface area contributed by atoms with Crippen molar-refractivity contribution in [1.82, 2.24) is 0 Å². The molecule has 0 atom stereocenters. The molecule has 0 heterocycles. The summed E-state index contributed by atoms with van der Waals surface area (Å²) in [5, 5.41) is 8.71. The fourth-order valence-corrected chi connectivity index (χ4v) is 2.36. The van der Waals surface area contributed by atoms with Gasteiger partial charge < -0.3 is 14.6 Å². The summed E-state index contributed by atoms with van der Waals surface area (Å²) in [6.45, 7) is 0. The van der Waals surface area contributed by atoms with Gasteiger partial charge in [-0.25, -0.2) is 0 Å². The summed E-state index contributed by atoms with van der Waals surface area (Å²) in [4.78, 5) is 10.6. The standard InChI is InChI=1S/C14H17BrO4/c1-18-12-8-10(15)7-9(3-2-4-13(16)17)14(12)19-11-5-6-11/h7-8,11H,2-6H2,1H3,(H,16,17). The van der Waals surface area contributed by atoms with Crippen LogP contribution in [0, 0.1) is 0 Å². The van der Waals surface area contributed by atoms with Crippen molar-refractivity contribution in [3.8, 4) is 11.5 Å². The summed E-state index contributed by atoms with van der Waals surface area (Å²) in [5.74, 6) is 0.691. The Morgan fingerprint density at radius 2 is 2.21 bits per heavy atom. The van der Waals surface area contributed by atoms with E-state index in [4.69, 9.17) is 14.6 Å². The number of methoxy groups -OCH3 is 1. The summed E-state index contributed by atoms with van der Waals surface area (Å²) in [6.07, 6.45) is 3.87. The molecule has 5 heteroatoms. The van der Waals surface area contributed by atoms with Crippen LogP contribution in [-0.4, -0.2) is 24.3 Å². The number of aliphatic carboxylic acids is 1. The van der Waals surface area contributed by atoms with Gasteiger partial charge in [0.2, 0.25) is 0 Å². The third-order valence-electron chi connectivity index (χ3n) is 2.96. The van der Waals surface area contributed by atoms with Gasteiger partial charge in [-0.2, -0.15) is 0 Å². The molecule has 0 radical (unpaired) electrons. The Balaban J connectivity index is 2.17. The van der Waals surface area contributed by atoms with Crippen molar-refractivity contribution < 1.29 is 19.4 Å². The lowest BCUT2D eigenvalue weighted by Crippen LogP contribution is -2.03. The molecule has 1 aliphatic rings. The number of rotatable bonds is 7. The Morgan fingerprint density at radius 3 is 2.79 bits per heavy atom. The molecule has 1 aromatic rings. The second-order valence-corrected chi connectivity index (χ2v) is 5.58. The Kier molecular flexibility index (Phi) is 4.69. The van der Waals surface area contributed by atoms with Gasteiger partial charge in [-0.1, -0.05) is 15.9 Å². The normalized spacial score (nSPS) is 14.2. The number of carbonyl (C=O) groups is 1. The average Bonchev–Trinajstić information content (AvgIpc) is 3.15. The van der Waals surface area contributed by atoms with E-state index in [1.807, 2.05) is 12.1 Å². The minimum Gasteiger partial charge on any atom is -0.493 e. The van der Waals surface area contributed by atoms with E-state index in [9.17, 15) is 4.79 Å². The predicted molar refractivity (Wildman–Crippen MR) is 74.9 cm³/mol. The van der Waals surface area contributed by atoms with Gasteiger partial charge in [0.25, 0.3) is 0 Å². The summed E-state index contributed by atoms with van der Waals surface area (Å²) >= 11 is 3.44. The number of carboxylic acids is 1. The van der Waals surface area contributed by atoms with Crippen molar-refractivity contribution in [2.75, 3.05) is 7.11 Å². The van der Waals surface area contributed by atoms with Crippen molar-refractivity contribution in [2.45, 2.75) is 38.2 Å². The maximum Gasteiger partial charge on any atom is 0.303 e. The van der Waals surface area contributed by atoms with Crippen LogP contribution in [0.3, 0.4) is 0 Å². The maximum atomic E-state index is 10.6. The van der Waals surface area contributed by atoms with Crippen LogP contribution in [0.2, 0.25) is 0 Å². The predicted octanol–water partition coefficient (Wildman–Crippen LogP) is 3.41. The van der Waals surface area contributed by atoms with Gasteiger partial charge in [0.15, 0.2) is 11.5 Å². The van der Waals surface area contributed by atoms with E-state index < -0.39 is 5.97 Å². The Labute approximate surface area is 120 Å². The summed E-state index contributed by atoms with van der Waals surface area (Å²) in [6, 6.07) is 3.85. The number of ether oxygens (including phenoxy) is 2. The van der Waals surface area contributed by atoms with Gasteiger partial charge in [0.05, 0.1) is 13.2 Å². The second-order valence-electron chi connectivity index (χ2n) is 4.66. The van der Waals surface area contributed by atoms with E-state index in [0.717, 1.165) is 28.6 Å². The topological polar surface area (TPSA) is 55.8 Å². The molecular formula is C14H17BrO4. The number of aryl methyl sites for hydroxylation is 1. The molecular weight excluding hydrogens is 312 g/mol. The molecule has 4 nitrogen and oxygen atoms in total. The van der Waals surface area contributed by atoms with Crippen LogP contribution in [0.25, 0.3) is 0 Å². The smallest absolute Gasteiger partial charge is 0.303 e. The van der Waals surface area contributed by atoms with Crippen LogP contribution in [0.4, 0.5) is 0 Å². The molecule has 1 N–H and O–H groups in total. The first-order valence-corrected chi connectivity index (χ1v) is 7.14. The highest BCUT2D eigenvalue weighted by atomic mass is 79.9. The van der Waals surface area contributed by atoms with Crippen LogP contribution < -0.4 is 9.47 Å². The van der Waals surface area contributed by atoms with E-state index in [-0.39, 0.29) is 12.5 Å². The molecule has 1 aromatic carbocycles. The molecule has 0 bridgehead atoms. The zero-order valence-corrected chi connectivity index (χ0v) is 12.4. The van der Waals surface area contributed by atoms with E-state index in [2.05, 4.69) is 15.9 Å². The zero-order chi connectivity index (χ0) is 13.8. The van der Waals surface area contributed by atoms with Crippen molar-refractivity contribution in [2.24, 2.45) is 0 Å². The zero-order valence-electron chi connectivity index (χ0n) is 10.8. The fraction of sp³-hybridized carbons (Fsp3) is 0.500. The summed E-state index contributed by atoms with van der Waals surface area (Å²) < 4.78 is 12.2. The van der Waals surface area contributed by atoms with Crippen molar-refractivity contribution in [3.63, 3.8) is 0 Å². The monoisotopic (exact) mass is 328 g/mol. The summed E-state index contributed by atoms with van der Waals surface area (Å²) in [7, 11) is 1.61. The van der Waals surface area contributed by atoms with E-state index in [1.165, 1.54) is 0 Å². The fourth-order valence-electron chi connectivity index (χ4n) is 1.88. The van der Waals surface area contributed by atoms with Crippen LogP contribution in [0.1, 0.15) is 31.2 Å². The number of benzene rings is 1. The van der Waals surface area contributed by atoms with Gasteiger partial charge in [0.1, 0.15) is 0 Å². The molecule has 1 aliphatic carbocycles. The molecule has 1 fully saturated rings. The Morgan fingerprint density at radius 1 is 1.47 bits per heavy atom. The molecule has 0 aromatic heterocycles. The van der Waals surface area contributed by atoms with Gasteiger partial charge in [0, 0.05) is 10.9 Å². The third-order valence-corrected chi connectivity index (χ3v) is 3.42. The van der Waals surface area contributed by atoms with Gasteiger partial charge in [-0.05, 0) is 43.4 Å². The molecule has 104 valence electrons. The largest absolute Gasteiger partial charge is 0.493 e. The molecule has 0 aliphatic heterocycles. The number of halogens is 1. The molecule has 0 spiro atoms.